The molecule has 0 amide bonds. The molecule has 3 aromatic rings. The number of allylic oxidation sites excluding steroid dienone is 1. The van der Waals surface area contributed by atoms with Gasteiger partial charge in [0.25, 0.3) is 0 Å². The zero-order valence-corrected chi connectivity index (χ0v) is 15.5. The van der Waals surface area contributed by atoms with Gasteiger partial charge in [-0.15, -0.1) is 0 Å². The number of carbonyl (C=O) groups excluding carboxylic acids is 1. The topological polar surface area (TPSA) is 65.6 Å². The molecule has 0 spiro atoms. The van der Waals surface area contributed by atoms with Crippen molar-refractivity contribution in [1.29, 1.82) is 0 Å². The van der Waals surface area contributed by atoms with Crippen LogP contribution >= 0.6 is 0 Å². The third-order valence-electron chi connectivity index (χ3n) is 5.10. The van der Waals surface area contributed by atoms with Crippen molar-refractivity contribution >= 4 is 22.8 Å². The van der Waals surface area contributed by atoms with Gasteiger partial charge in [-0.1, -0.05) is 32.0 Å². The Labute approximate surface area is 157 Å². The van der Waals surface area contributed by atoms with Crippen molar-refractivity contribution in [2.75, 3.05) is 13.1 Å². The Bertz CT molecular complexity index is 1040. The molecule has 0 unspecified atom stereocenters. The van der Waals surface area contributed by atoms with E-state index in [2.05, 4.69) is 23.7 Å². The van der Waals surface area contributed by atoms with Crippen LogP contribution in [0.25, 0.3) is 17.0 Å². The predicted molar refractivity (Wildman–Crippen MR) is 106 cm³/mol. The summed E-state index contributed by atoms with van der Waals surface area (Å²) in [5.74, 6) is 0.747. The number of benzene rings is 2. The zero-order valence-electron chi connectivity index (χ0n) is 15.5. The lowest BCUT2D eigenvalue weighted by atomic mass is 10.0. The summed E-state index contributed by atoms with van der Waals surface area (Å²) < 4.78 is 5.95. The molecule has 4 rings (SSSR count). The fourth-order valence-electron chi connectivity index (χ4n) is 3.48. The molecule has 0 saturated heterocycles. The van der Waals surface area contributed by atoms with Crippen molar-refractivity contribution < 1.29 is 14.6 Å². The van der Waals surface area contributed by atoms with Crippen LogP contribution in [0.1, 0.15) is 35.3 Å². The van der Waals surface area contributed by atoms with Crippen LogP contribution in [0.3, 0.4) is 0 Å². The van der Waals surface area contributed by atoms with Crippen LogP contribution in [0, 0.1) is 0 Å². The summed E-state index contributed by atoms with van der Waals surface area (Å²) in [6.45, 7) is 6.38. The van der Waals surface area contributed by atoms with E-state index in [1.54, 1.807) is 18.2 Å². The molecule has 2 heterocycles. The average molecular weight is 362 g/mol. The number of hydrogen-bond donors (Lipinski definition) is 2. The van der Waals surface area contributed by atoms with Gasteiger partial charge in [0.1, 0.15) is 11.5 Å². The molecule has 0 atom stereocenters. The summed E-state index contributed by atoms with van der Waals surface area (Å²) in [4.78, 5) is 18.2. The lowest BCUT2D eigenvalue weighted by Gasteiger charge is -2.20. The number of ether oxygens (including phenoxy) is 1. The lowest BCUT2D eigenvalue weighted by molar-refractivity contribution is 0.101. The number of H-pyrrole nitrogens is 1. The Hall–Kier alpha value is -3.05. The molecule has 0 saturated carbocycles. The molecule has 2 aromatic carbocycles. The number of aromatic nitrogens is 1. The summed E-state index contributed by atoms with van der Waals surface area (Å²) in [6.07, 6.45) is 3.63. The number of fused-ring (bicyclic) bond motifs is 2. The average Bonchev–Trinajstić information content (AvgIpc) is 3.23. The van der Waals surface area contributed by atoms with E-state index in [-0.39, 0.29) is 17.3 Å². The van der Waals surface area contributed by atoms with Gasteiger partial charge in [0.05, 0.1) is 11.1 Å². The molecule has 0 aliphatic carbocycles. The molecule has 5 nitrogen and oxygen atoms in total. The molecule has 0 fully saturated rings. The van der Waals surface area contributed by atoms with E-state index in [1.807, 2.05) is 30.5 Å². The van der Waals surface area contributed by atoms with Crippen molar-refractivity contribution in [2.24, 2.45) is 0 Å². The van der Waals surface area contributed by atoms with E-state index in [0.717, 1.165) is 29.6 Å². The highest BCUT2D eigenvalue weighted by Gasteiger charge is 2.31. The van der Waals surface area contributed by atoms with Gasteiger partial charge < -0.3 is 14.8 Å². The number of nitrogens with zero attached hydrogens (tertiary/aromatic N) is 1. The van der Waals surface area contributed by atoms with E-state index in [1.165, 1.54) is 0 Å². The zero-order chi connectivity index (χ0) is 19.0. The molecule has 138 valence electrons. The second-order valence-corrected chi connectivity index (χ2v) is 6.63. The number of aromatic amines is 1. The Kier molecular flexibility index (Phi) is 4.46. The van der Waals surface area contributed by atoms with E-state index >= 15 is 0 Å². The second-order valence-electron chi connectivity index (χ2n) is 6.63. The van der Waals surface area contributed by atoms with Crippen LogP contribution in [0.5, 0.6) is 11.5 Å². The summed E-state index contributed by atoms with van der Waals surface area (Å²) in [5, 5.41) is 11.4. The van der Waals surface area contributed by atoms with Crippen LogP contribution in [0.15, 0.2) is 48.4 Å². The van der Waals surface area contributed by atoms with Crippen LogP contribution < -0.4 is 4.74 Å². The maximum atomic E-state index is 12.8. The number of carbonyl (C=O) groups is 1. The minimum atomic E-state index is -0.156. The molecule has 5 heteroatoms. The number of ketones is 1. The molecular formula is C22H22N2O3. The predicted octanol–water partition coefficient (Wildman–Crippen LogP) is 4.33. The van der Waals surface area contributed by atoms with E-state index in [0.29, 0.717) is 23.4 Å². The number of phenols is 1. The fourth-order valence-corrected chi connectivity index (χ4v) is 3.48. The van der Waals surface area contributed by atoms with Gasteiger partial charge in [0.2, 0.25) is 5.78 Å². The summed E-state index contributed by atoms with van der Waals surface area (Å²) >= 11 is 0. The minimum Gasteiger partial charge on any atom is -0.507 e. The minimum absolute atomic E-state index is 0.154. The molecule has 27 heavy (non-hydrogen) atoms. The van der Waals surface area contributed by atoms with Gasteiger partial charge in [-0.3, -0.25) is 9.69 Å². The highest BCUT2D eigenvalue weighted by molar-refractivity contribution is 6.15. The first-order valence-corrected chi connectivity index (χ1v) is 9.20. The Morgan fingerprint density at radius 1 is 1.15 bits per heavy atom. The molecule has 1 aliphatic rings. The van der Waals surface area contributed by atoms with Gasteiger partial charge >= 0.3 is 0 Å². The summed E-state index contributed by atoms with van der Waals surface area (Å²) in [6, 6.07) is 11.1. The third kappa shape index (κ3) is 3.00. The Morgan fingerprint density at radius 3 is 2.70 bits per heavy atom. The Balaban J connectivity index is 1.73. The summed E-state index contributed by atoms with van der Waals surface area (Å²) in [5.41, 5.74) is 3.07. The molecular weight excluding hydrogens is 340 g/mol. The van der Waals surface area contributed by atoms with Gasteiger partial charge in [-0.05, 0) is 37.4 Å². The van der Waals surface area contributed by atoms with Gasteiger partial charge in [0.15, 0.2) is 5.76 Å². The molecule has 1 aliphatic heterocycles. The maximum absolute atomic E-state index is 12.8. The number of aromatic hydroxyl groups is 1. The first kappa shape index (κ1) is 17.4. The standard InChI is InChI=1S/C22H22N2O3/c1-3-24(4-2)13-17-19(25)10-9-16-21(26)20(27-22(16)17)11-14-12-23-18-8-6-5-7-15(14)18/h5-12,23,25H,3-4,13H2,1-2H3. The number of nitrogens with one attached hydrogen (secondary N) is 1. The number of Topliss-reactive ketones (excluding diaryl/α,β-unsaturated/α-hetero) is 1. The van der Waals surface area contributed by atoms with E-state index in [4.69, 9.17) is 4.74 Å². The fraction of sp³-hybridized carbons (Fsp3) is 0.227. The molecule has 0 bridgehead atoms. The van der Waals surface area contributed by atoms with Crippen molar-refractivity contribution in [1.82, 2.24) is 9.88 Å². The Morgan fingerprint density at radius 2 is 1.93 bits per heavy atom. The quantitative estimate of drug-likeness (QED) is 0.663. The van der Waals surface area contributed by atoms with Crippen molar-refractivity contribution in [3.63, 3.8) is 0 Å². The SMILES string of the molecule is CCN(CC)Cc1c(O)ccc2c1OC(=Cc1c[nH]c3ccccc13)C2=O. The molecule has 2 N–H and O–H groups in total. The number of hydrogen-bond acceptors (Lipinski definition) is 4. The van der Waals surface area contributed by atoms with Crippen LogP contribution in [0.4, 0.5) is 0 Å². The van der Waals surface area contributed by atoms with E-state index in [9.17, 15) is 9.90 Å². The van der Waals surface area contributed by atoms with Gasteiger partial charge in [-0.2, -0.15) is 0 Å². The lowest BCUT2D eigenvalue weighted by Crippen LogP contribution is -2.22. The normalized spacial score (nSPS) is 14.9. The maximum Gasteiger partial charge on any atom is 0.231 e. The van der Waals surface area contributed by atoms with Crippen LogP contribution in [0.2, 0.25) is 0 Å². The van der Waals surface area contributed by atoms with Crippen molar-refractivity contribution in [3.8, 4) is 11.5 Å². The number of phenolic OH excluding ortho intramolecular Hbond substituents is 1. The molecule has 1 aromatic heterocycles. The van der Waals surface area contributed by atoms with Crippen molar-refractivity contribution in [3.05, 3.63) is 65.0 Å². The van der Waals surface area contributed by atoms with E-state index < -0.39 is 0 Å². The van der Waals surface area contributed by atoms with Gasteiger partial charge in [-0.25, -0.2) is 0 Å². The summed E-state index contributed by atoms with van der Waals surface area (Å²) in [7, 11) is 0. The largest absolute Gasteiger partial charge is 0.507 e. The van der Waals surface area contributed by atoms with Crippen LogP contribution in [-0.2, 0) is 6.54 Å². The molecule has 0 radical (unpaired) electrons. The highest BCUT2D eigenvalue weighted by atomic mass is 16.5. The highest BCUT2D eigenvalue weighted by Crippen LogP contribution is 2.40. The van der Waals surface area contributed by atoms with Crippen molar-refractivity contribution in [2.45, 2.75) is 20.4 Å². The number of para-hydroxylation sites is 1. The number of rotatable bonds is 5. The second kappa shape index (κ2) is 6.93. The smallest absolute Gasteiger partial charge is 0.231 e. The monoisotopic (exact) mass is 362 g/mol. The first-order chi connectivity index (χ1) is 13.1. The van der Waals surface area contributed by atoms with Gasteiger partial charge in [0, 0.05) is 29.2 Å². The third-order valence-corrected chi connectivity index (χ3v) is 5.10. The van der Waals surface area contributed by atoms with Crippen LogP contribution in [-0.4, -0.2) is 33.9 Å². The first-order valence-electron chi connectivity index (χ1n) is 9.20.